The molecule has 0 amide bonds. The Morgan fingerprint density at radius 3 is 0.429 bits per heavy atom. The smallest absolute Gasteiger partial charge is 0.748 e. The van der Waals surface area contributed by atoms with Gasteiger partial charge in [0, 0.05) is 25.0 Å². The molecule has 0 aliphatic carbocycles. The Hall–Kier alpha value is 0.328. The van der Waals surface area contributed by atoms with Gasteiger partial charge in [-0.15, -0.1) is 0 Å². The van der Waals surface area contributed by atoms with Gasteiger partial charge < -0.3 is 18.2 Å². The third kappa shape index (κ3) is 63400. The Morgan fingerprint density at radius 1 is 0.429 bits per heavy atom. The maximum atomic E-state index is 9.08. The van der Waals surface area contributed by atoms with Crippen molar-refractivity contribution in [2.75, 3.05) is 25.0 Å². The van der Waals surface area contributed by atoms with Crippen molar-refractivity contribution < 1.29 is 72.9 Å². The maximum Gasteiger partial charge on any atom is 4.00 e. The second kappa shape index (κ2) is 12.8. The fraction of sp³-hybridized carbons (Fsp3) is 1.00. The van der Waals surface area contributed by atoms with E-state index >= 15 is 0 Å². The number of hydrogen-bond donors (Lipinski definition) is 0. The predicted octanol–water partition coefficient (Wildman–Crippen LogP) is -3.36. The molecule has 0 aromatic heterocycles. The first-order valence-corrected chi connectivity index (χ1v) is 10.9. The van der Waals surface area contributed by atoms with E-state index < -0.39 is 40.5 Å². The summed E-state index contributed by atoms with van der Waals surface area (Å²) in [6.45, 7) is 0. The van der Waals surface area contributed by atoms with E-state index in [9.17, 15) is 0 Å². The molecule has 12 nitrogen and oxygen atoms in total. The van der Waals surface area contributed by atoms with Crippen LogP contribution in [0.2, 0.25) is 0 Å². The molecule has 0 unspecified atom stereocenters. The van der Waals surface area contributed by atoms with Crippen molar-refractivity contribution in [2.45, 2.75) is 0 Å². The van der Waals surface area contributed by atoms with Crippen molar-refractivity contribution in [3.63, 3.8) is 0 Å². The molecule has 0 heterocycles. The molecule has 0 aromatic carbocycles. The molecule has 17 heteroatoms. The van der Waals surface area contributed by atoms with Gasteiger partial charge in [-0.1, -0.05) is 0 Å². The van der Waals surface area contributed by atoms with Gasteiger partial charge >= 0.3 is 21.1 Å². The summed E-state index contributed by atoms with van der Waals surface area (Å²) in [5, 5.41) is 0. The van der Waals surface area contributed by atoms with Crippen LogP contribution in [-0.2, 0) is 61.5 Å². The van der Waals surface area contributed by atoms with E-state index in [4.69, 9.17) is 51.9 Å². The summed E-state index contributed by atoms with van der Waals surface area (Å²) in [7, 11) is -15.7. The second-order valence-electron chi connectivity index (χ2n) is 2.82. The summed E-state index contributed by atoms with van der Waals surface area (Å²) in [6, 6.07) is 0. The quantitative estimate of drug-likeness (QED) is 0.263. The minimum Gasteiger partial charge on any atom is -0.748 e. The third-order valence-corrected chi connectivity index (χ3v) is 0. The molecule has 0 bridgehead atoms. The zero-order valence-electron chi connectivity index (χ0n) is 10.9. The number of hydrogen-bond acceptors (Lipinski definition) is 12. The van der Waals surface area contributed by atoms with E-state index in [0.29, 0.717) is 25.0 Å². The van der Waals surface area contributed by atoms with Gasteiger partial charge in [-0.3, -0.25) is 0 Å². The van der Waals surface area contributed by atoms with Crippen molar-refractivity contribution in [3.8, 4) is 0 Å². The van der Waals surface area contributed by atoms with Gasteiger partial charge in [-0.2, -0.15) is 0 Å². The monoisotopic (exact) mass is 564 g/mol. The molecule has 21 heavy (non-hydrogen) atoms. The van der Waals surface area contributed by atoms with Gasteiger partial charge in [0.05, 0.1) is 40.5 Å². The van der Waals surface area contributed by atoms with Crippen LogP contribution in [0.1, 0.15) is 0 Å². The van der Waals surface area contributed by atoms with Crippen LogP contribution in [0.4, 0.5) is 0 Å². The topological polar surface area (TPSA) is 229 Å². The molecule has 0 saturated heterocycles. The summed E-state index contributed by atoms with van der Waals surface area (Å²) in [4.78, 5) is 0. The summed E-state index contributed by atoms with van der Waals surface area (Å²) < 4.78 is 109. The molecule has 0 atom stereocenters. The minimum absolute atomic E-state index is 0. The standard InChI is InChI=1S/4CH4O3S.W/c4*1-5(2,3)4;/h4*1H3,(H,2,3,4);/q;;;;+4/p-4. The van der Waals surface area contributed by atoms with Gasteiger partial charge in [0.15, 0.2) is 0 Å². The van der Waals surface area contributed by atoms with E-state index in [1.54, 1.807) is 0 Å². The Morgan fingerprint density at radius 2 is 0.429 bits per heavy atom. The Labute approximate surface area is 138 Å². The molecule has 0 N–H and O–H groups in total. The van der Waals surface area contributed by atoms with Crippen molar-refractivity contribution >= 4 is 40.5 Å². The first-order chi connectivity index (χ1) is 8.00. The van der Waals surface area contributed by atoms with Gasteiger partial charge in [0.25, 0.3) is 0 Å². The van der Waals surface area contributed by atoms with Crippen LogP contribution in [-0.4, -0.2) is 76.9 Å². The van der Waals surface area contributed by atoms with Gasteiger partial charge in [-0.25, -0.2) is 33.7 Å². The van der Waals surface area contributed by atoms with E-state index in [0.717, 1.165) is 0 Å². The van der Waals surface area contributed by atoms with Gasteiger partial charge in [0.1, 0.15) is 0 Å². The fourth-order valence-electron chi connectivity index (χ4n) is 0. The van der Waals surface area contributed by atoms with E-state index in [1.165, 1.54) is 0 Å². The van der Waals surface area contributed by atoms with Crippen molar-refractivity contribution in [3.05, 3.63) is 0 Å². The third-order valence-electron chi connectivity index (χ3n) is 0. The predicted molar refractivity (Wildman–Crippen MR) is 62.5 cm³/mol. The van der Waals surface area contributed by atoms with Crippen LogP contribution < -0.4 is 0 Å². The zero-order chi connectivity index (χ0) is 18.0. The fourth-order valence-corrected chi connectivity index (χ4v) is 0. The molecule has 0 aliphatic rings. The van der Waals surface area contributed by atoms with Gasteiger partial charge in [-0.05, 0) is 0 Å². The largest absolute Gasteiger partial charge is 4.00 e. The van der Waals surface area contributed by atoms with Crippen LogP contribution in [0.3, 0.4) is 0 Å². The summed E-state index contributed by atoms with van der Waals surface area (Å²) in [6.07, 6.45) is 2.42. The second-order valence-corrected chi connectivity index (χ2v) is 8.45. The van der Waals surface area contributed by atoms with Crippen molar-refractivity contribution in [1.29, 1.82) is 0 Å². The molecule has 0 fully saturated rings. The Bertz CT molecular complexity index is 486. The molecule has 130 valence electrons. The zero-order valence-corrected chi connectivity index (χ0v) is 17.1. The normalized spacial score (nSPS) is 11.0. The van der Waals surface area contributed by atoms with Crippen molar-refractivity contribution in [2.24, 2.45) is 0 Å². The number of rotatable bonds is 0. The minimum atomic E-state index is -3.92. The Kier molecular flexibility index (Phi) is 20.2. The van der Waals surface area contributed by atoms with E-state index in [2.05, 4.69) is 0 Å². The first kappa shape index (κ1) is 33.1. The Balaban J connectivity index is -0.0000000533. The molecule has 0 rings (SSSR count). The SMILES string of the molecule is CS(=O)(=O)[O-].CS(=O)(=O)[O-].CS(=O)(=O)[O-].CS(=O)(=O)[O-].[W+4]. The van der Waals surface area contributed by atoms with E-state index in [-0.39, 0.29) is 21.1 Å². The van der Waals surface area contributed by atoms with Crippen LogP contribution in [0.5, 0.6) is 0 Å². The van der Waals surface area contributed by atoms with Crippen LogP contribution in [0.15, 0.2) is 0 Å². The summed E-state index contributed by atoms with van der Waals surface area (Å²) in [5.41, 5.74) is 0. The van der Waals surface area contributed by atoms with Crippen LogP contribution >= 0.6 is 0 Å². The molecule has 0 aliphatic heterocycles. The van der Waals surface area contributed by atoms with Gasteiger partial charge in [0.2, 0.25) is 0 Å². The molecule has 0 saturated carbocycles. The average Bonchev–Trinajstić information content (AvgIpc) is 1.62. The first-order valence-electron chi connectivity index (χ1n) is 3.63. The van der Waals surface area contributed by atoms with E-state index in [1.807, 2.05) is 0 Å². The van der Waals surface area contributed by atoms with Crippen molar-refractivity contribution in [1.82, 2.24) is 0 Å². The molecular formula is C4H12O12S4W. The average molecular weight is 564 g/mol. The van der Waals surface area contributed by atoms with Crippen LogP contribution in [0, 0.1) is 0 Å². The molecule has 0 aromatic rings. The summed E-state index contributed by atoms with van der Waals surface area (Å²) in [5.74, 6) is 0. The maximum absolute atomic E-state index is 9.08. The van der Waals surface area contributed by atoms with Crippen LogP contribution in [0.25, 0.3) is 0 Å². The molecular weight excluding hydrogens is 552 g/mol. The molecule has 0 spiro atoms. The summed E-state index contributed by atoms with van der Waals surface area (Å²) >= 11 is 0. The molecule has 0 radical (unpaired) electrons.